The van der Waals surface area contributed by atoms with Crippen molar-refractivity contribution < 1.29 is 14.3 Å². The monoisotopic (exact) mass is 418 g/mol. The van der Waals surface area contributed by atoms with E-state index in [1.54, 1.807) is 27.3 Å². The van der Waals surface area contributed by atoms with E-state index in [0.717, 1.165) is 11.1 Å². The van der Waals surface area contributed by atoms with E-state index >= 15 is 0 Å². The Morgan fingerprint density at radius 1 is 0.968 bits per heavy atom. The van der Waals surface area contributed by atoms with E-state index in [2.05, 4.69) is 15.1 Å². The molecule has 2 heterocycles. The van der Waals surface area contributed by atoms with Gasteiger partial charge in [-0.3, -0.25) is 4.79 Å². The minimum absolute atomic E-state index is 0.199. The number of carbonyl (C=O) groups is 1. The number of hydrogen-bond donors (Lipinski definition) is 0. The third-order valence-corrected chi connectivity index (χ3v) is 6.13. The van der Waals surface area contributed by atoms with Gasteiger partial charge in [-0.05, 0) is 37.5 Å². The van der Waals surface area contributed by atoms with Crippen molar-refractivity contribution in [2.75, 3.05) is 32.2 Å². The lowest BCUT2D eigenvalue weighted by atomic mass is 9.70. The molecule has 1 fully saturated rings. The highest BCUT2D eigenvalue weighted by molar-refractivity contribution is 5.88. The summed E-state index contributed by atoms with van der Waals surface area (Å²) in [5.74, 6) is 2.05. The number of aromatic nitrogens is 3. The van der Waals surface area contributed by atoms with Crippen molar-refractivity contribution in [1.29, 1.82) is 0 Å². The van der Waals surface area contributed by atoms with Crippen LogP contribution in [0.5, 0.6) is 11.5 Å². The van der Waals surface area contributed by atoms with Crippen LogP contribution in [0.15, 0.2) is 54.7 Å². The number of ether oxygens (including phenoxy) is 2. The Morgan fingerprint density at radius 2 is 1.61 bits per heavy atom. The average molecular weight is 418 g/mol. The van der Waals surface area contributed by atoms with E-state index in [1.165, 1.54) is 0 Å². The zero-order valence-electron chi connectivity index (χ0n) is 18.0. The normalized spacial score (nSPS) is 15.4. The standard InChI is InChI=1S/C24H26N4O3/c1-17(29)24(18-8-5-4-6-9-18)12-14-28(15-13-24)23-26-19(16-25-27-23)22-20(30-2)10-7-11-21(22)31-3/h4-11,16H,12-15H2,1-3H3. The van der Waals surface area contributed by atoms with Crippen LogP contribution in [0.3, 0.4) is 0 Å². The number of anilines is 1. The lowest BCUT2D eigenvalue weighted by molar-refractivity contribution is -0.123. The van der Waals surface area contributed by atoms with E-state index in [4.69, 9.17) is 14.5 Å². The van der Waals surface area contributed by atoms with E-state index in [1.807, 2.05) is 48.5 Å². The summed E-state index contributed by atoms with van der Waals surface area (Å²) in [6.07, 6.45) is 3.02. The molecule has 4 rings (SSSR count). The second-order valence-corrected chi connectivity index (χ2v) is 7.67. The molecule has 1 aromatic heterocycles. The largest absolute Gasteiger partial charge is 0.496 e. The molecule has 31 heavy (non-hydrogen) atoms. The van der Waals surface area contributed by atoms with E-state index < -0.39 is 5.41 Å². The molecule has 0 atom stereocenters. The predicted molar refractivity (Wildman–Crippen MR) is 119 cm³/mol. The van der Waals surface area contributed by atoms with Gasteiger partial charge in [0.1, 0.15) is 23.0 Å². The van der Waals surface area contributed by atoms with Crippen LogP contribution in [0.2, 0.25) is 0 Å². The van der Waals surface area contributed by atoms with Gasteiger partial charge in [-0.1, -0.05) is 36.4 Å². The molecule has 7 heteroatoms. The van der Waals surface area contributed by atoms with Crippen molar-refractivity contribution in [3.05, 3.63) is 60.3 Å². The summed E-state index contributed by atoms with van der Waals surface area (Å²) in [5, 5.41) is 8.45. The van der Waals surface area contributed by atoms with Crippen LogP contribution >= 0.6 is 0 Å². The van der Waals surface area contributed by atoms with Crippen molar-refractivity contribution in [2.24, 2.45) is 0 Å². The molecular weight excluding hydrogens is 392 g/mol. The molecule has 0 spiro atoms. The smallest absolute Gasteiger partial charge is 0.245 e. The van der Waals surface area contributed by atoms with Crippen LogP contribution in [-0.2, 0) is 10.2 Å². The van der Waals surface area contributed by atoms with Gasteiger partial charge in [0.2, 0.25) is 5.95 Å². The average Bonchev–Trinajstić information content (AvgIpc) is 2.84. The second kappa shape index (κ2) is 8.71. The molecule has 1 saturated heterocycles. The third-order valence-electron chi connectivity index (χ3n) is 6.13. The maximum Gasteiger partial charge on any atom is 0.245 e. The van der Waals surface area contributed by atoms with Crippen LogP contribution in [0, 0.1) is 0 Å². The molecule has 7 nitrogen and oxygen atoms in total. The van der Waals surface area contributed by atoms with Gasteiger partial charge in [0.15, 0.2) is 0 Å². The van der Waals surface area contributed by atoms with Crippen LogP contribution in [-0.4, -0.2) is 48.3 Å². The summed E-state index contributed by atoms with van der Waals surface area (Å²) in [6.45, 7) is 3.03. The minimum Gasteiger partial charge on any atom is -0.496 e. The van der Waals surface area contributed by atoms with E-state index in [9.17, 15) is 4.79 Å². The van der Waals surface area contributed by atoms with Gasteiger partial charge in [0, 0.05) is 13.1 Å². The maximum atomic E-state index is 12.7. The molecule has 0 N–H and O–H groups in total. The Morgan fingerprint density at radius 3 is 2.19 bits per heavy atom. The summed E-state index contributed by atoms with van der Waals surface area (Å²) in [4.78, 5) is 19.5. The molecule has 1 aliphatic heterocycles. The number of rotatable bonds is 6. The highest BCUT2D eigenvalue weighted by Crippen LogP contribution is 2.39. The quantitative estimate of drug-likeness (QED) is 0.604. The molecular formula is C24H26N4O3. The van der Waals surface area contributed by atoms with Gasteiger partial charge >= 0.3 is 0 Å². The van der Waals surface area contributed by atoms with Gasteiger partial charge in [-0.15, -0.1) is 5.10 Å². The summed E-state index contributed by atoms with van der Waals surface area (Å²) >= 11 is 0. The van der Waals surface area contributed by atoms with Crippen molar-refractivity contribution >= 4 is 11.7 Å². The molecule has 0 unspecified atom stereocenters. The summed E-state index contributed by atoms with van der Waals surface area (Å²) < 4.78 is 11.0. The van der Waals surface area contributed by atoms with Gasteiger partial charge in [-0.25, -0.2) is 4.98 Å². The summed E-state index contributed by atoms with van der Waals surface area (Å²) in [5.41, 5.74) is 1.98. The molecule has 0 saturated carbocycles. The second-order valence-electron chi connectivity index (χ2n) is 7.67. The van der Waals surface area contributed by atoms with Crippen molar-refractivity contribution in [1.82, 2.24) is 15.2 Å². The first-order valence-corrected chi connectivity index (χ1v) is 10.3. The highest BCUT2D eigenvalue weighted by Gasteiger charge is 2.40. The van der Waals surface area contributed by atoms with Crippen molar-refractivity contribution in [2.45, 2.75) is 25.2 Å². The van der Waals surface area contributed by atoms with Crippen LogP contribution < -0.4 is 14.4 Å². The number of piperidine rings is 1. The fraction of sp³-hybridized carbons (Fsp3) is 0.333. The number of carbonyl (C=O) groups excluding carboxylic acids is 1. The number of methoxy groups -OCH3 is 2. The first-order valence-electron chi connectivity index (χ1n) is 10.3. The molecule has 0 aliphatic carbocycles. The number of hydrogen-bond acceptors (Lipinski definition) is 7. The van der Waals surface area contributed by atoms with Gasteiger partial charge in [0.25, 0.3) is 0 Å². The molecule has 2 aromatic carbocycles. The van der Waals surface area contributed by atoms with Gasteiger partial charge < -0.3 is 14.4 Å². The third kappa shape index (κ3) is 3.83. The van der Waals surface area contributed by atoms with Crippen molar-refractivity contribution in [3.8, 4) is 22.8 Å². The van der Waals surface area contributed by atoms with Crippen LogP contribution in [0.4, 0.5) is 5.95 Å². The molecule has 160 valence electrons. The maximum absolute atomic E-state index is 12.7. The zero-order chi connectivity index (χ0) is 21.8. The first kappa shape index (κ1) is 20.8. The Bertz CT molecular complexity index is 1040. The molecule has 0 bridgehead atoms. The first-order chi connectivity index (χ1) is 15.1. The SMILES string of the molecule is COc1cccc(OC)c1-c1cnnc(N2CCC(C(C)=O)(c3ccccc3)CC2)n1. The summed E-state index contributed by atoms with van der Waals surface area (Å²) in [6, 6.07) is 15.6. The number of nitrogens with zero attached hydrogens (tertiary/aromatic N) is 4. The molecule has 0 amide bonds. The topological polar surface area (TPSA) is 77.4 Å². The highest BCUT2D eigenvalue weighted by atomic mass is 16.5. The number of ketones is 1. The number of benzene rings is 2. The van der Waals surface area contributed by atoms with Crippen molar-refractivity contribution in [3.63, 3.8) is 0 Å². The minimum atomic E-state index is -0.464. The molecule has 3 aromatic rings. The van der Waals surface area contributed by atoms with E-state index in [0.29, 0.717) is 49.1 Å². The Kier molecular flexibility index (Phi) is 5.84. The lowest BCUT2D eigenvalue weighted by Crippen LogP contribution is -2.47. The van der Waals surface area contributed by atoms with Gasteiger partial charge in [-0.2, -0.15) is 5.10 Å². The van der Waals surface area contributed by atoms with Crippen LogP contribution in [0.1, 0.15) is 25.3 Å². The zero-order valence-corrected chi connectivity index (χ0v) is 18.0. The molecule has 1 aliphatic rings. The molecule has 0 radical (unpaired) electrons. The summed E-state index contributed by atoms with van der Waals surface area (Å²) in [7, 11) is 3.23. The van der Waals surface area contributed by atoms with Crippen LogP contribution in [0.25, 0.3) is 11.3 Å². The predicted octanol–water partition coefficient (Wildman–Crippen LogP) is 3.68. The Hall–Kier alpha value is -3.48. The fourth-order valence-corrected chi connectivity index (χ4v) is 4.34. The Balaban J connectivity index is 1.62. The fourth-order valence-electron chi connectivity index (χ4n) is 4.34. The Labute approximate surface area is 182 Å². The van der Waals surface area contributed by atoms with Gasteiger partial charge in [0.05, 0.1) is 31.4 Å². The number of Topliss-reactive ketones (excluding diaryl/α,β-unsaturated/α-hetero) is 1. The van der Waals surface area contributed by atoms with E-state index in [-0.39, 0.29) is 5.78 Å². The lowest BCUT2D eigenvalue weighted by Gasteiger charge is -2.40.